The largest absolute Gasteiger partial charge is 0.360 e. The van der Waals surface area contributed by atoms with Crippen LogP contribution in [0.15, 0.2) is 23.3 Å². The molecule has 0 amide bonds. The second-order valence-electron chi connectivity index (χ2n) is 5.21. The smallest absolute Gasteiger partial charge is 0.0750 e. The lowest BCUT2D eigenvalue weighted by molar-refractivity contribution is 0.309. The van der Waals surface area contributed by atoms with E-state index in [2.05, 4.69) is 16.4 Å². The van der Waals surface area contributed by atoms with Crippen LogP contribution in [0, 0.1) is 5.92 Å². The van der Waals surface area contributed by atoms with Crippen molar-refractivity contribution in [2.75, 3.05) is 6.54 Å². The number of aromatic nitrogens is 1. The molecule has 5 heteroatoms. The molecule has 18 heavy (non-hydrogen) atoms. The zero-order valence-electron chi connectivity index (χ0n) is 10.3. The van der Waals surface area contributed by atoms with Gasteiger partial charge in [0.05, 0.1) is 24.1 Å². The molecule has 4 N–H and O–H groups in total. The number of aromatic amines is 1. The molecule has 1 aliphatic heterocycles. The van der Waals surface area contributed by atoms with Gasteiger partial charge >= 0.3 is 0 Å². The summed E-state index contributed by atoms with van der Waals surface area (Å²) in [5, 5.41) is 3.74. The summed E-state index contributed by atoms with van der Waals surface area (Å²) in [6, 6.07) is 4.48. The van der Waals surface area contributed by atoms with Gasteiger partial charge in [-0.3, -0.25) is 10.3 Å². The van der Waals surface area contributed by atoms with Gasteiger partial charge in [0.2, 0.25) is 0 Å². The fourth-order valence-electron chi connectivity index (χ4n) is 3.04. The fourth-order valence-corrected chi connectivity index (χ4v) is 3.36. The highest BCUT2D eigenvalue weighted by Crippen LogP contribution is 2.32. The first-order chi connectivity index (χ1) is 8.74. The Kier molecular flexibility index (Phi) is 3.41. The fraction of sp³-hybridized carbons (Fsp3) is 0.615. The lowest BCUT2D eigenvalue weighted by Crippen LogP contribution is -2.50. The number of hydrogen-bond acceptors (Lipinski definition) is 3. The van der Waals surface area contributed by atoms with E-state index >= 15 is 0 Å². The van der Waals surface area contributed by atoms with E-state index in [-0.39, 0.29) is 11.5 Å². The van der Waals surface area contributed by atoms with Crippen LogP contribution in [0.2, 0.25) is 0 Å². The van der Waals surface area contributed by atoms with E-state index in [9.17, 15) is 0 Å². The summed E-state index contributed by atoms with van der Waals surface area (Å²) in [7, 11) is 0. The van der Waals surface area contributed by atoms with Crippen LogP contribution in [-0.4, -0.2) is 34.8 Å². The van der Waals surface area contributed by atoms with Crippen LogP contribution >= 0.6 is 11.6 Å². The number of rotatable bonds is 1. The highest BCUT2D eigenvalue weighted by Gasteiger charge is 2.36. The lowest BCUT2D eigenvalue weighted by Gasteiger charge is -2.34. The van der Waals surface area contributed by atoms with Crippen molar-refractivity contribution in [3.8, 4) is 0 Å². The number of halogens is 1. The van der Waals surface area contributed by atoms with E-state index in [1.807, 2.05) is 12.3 Å². The van der Waals surface area contributed by atoms with Gasteiger partial charge in [-0.1, -0.05) is 0 Å². The minimum absolute atomic E-state index is 0.0446. The first-order valence-electron chi connectivity index (χ1n) is 6.58. The van der Waals surface area contributed by atoms with Crippen molar-refractivity contribution in [1.82, 2.24) is 10.3 Å². The second-order valence-corrected chi connectivity index (χ2v) is 5.82. The first-order valence-corrected chi connectivity index (χ1v) is 7.01. The minimum atomic E-state index is -0.0446. The first kappa shape index (κ1) is 12.2. The van der Waals surface area contributed by atoms with Gasteiger partial charge in [0.1, 0.15) is 0 Å². The van der Waals surface area contributed by atoms with Crippen molar-refractivity contribution in [2.45, 2.75) is 36.8 Å². The SMILES string of the molecule is NC1CN=C(c2ccc[nH]2)C2CC(Cl)CCC2N1. The molecule has 0 radical (unpaired) electrons. The molecule has 98 valence electrons. The van der Waals surface area contributed by atoms with Gasteiger partial charge < -0.3 is 10.7 Å². The van der Waals surface area contributed by atoms with Crippen molar-refractivity contribution in [2.24, 2.45) is 16.6 Å². The minimum Gasteiger partial charge on any atom is -0.360 e. The van der Waals surface area contributed by atoms with E-state index in [1.165, 1.54) is 0 Å². The zero-order valence-corrected chi connectivity index (χ0v) is 11.0. The summed E-state index contributed by atoms with van der Waals surface area (Å²) in [6.45, 7) is 0.633. The number of aliphatic imine (C=N–C) groups is 1. The predicted octanol–water partition coefficient (Wildman–Crippen LogP) is 1.47. The molecule has 4 nitrogen and oxygen atoms in total. The van der Waals surface area contributed by atoms with Gasteiger partial charge in [-0.15, -0.1) is 11.6 Å². The third-order valence-electron chi connectivity index (χ3n) is 3.90. The molecule has 4 unspecified atom stereocenters. The van der Waals surface area contributed by atoms with Crippen molar-refractivity contribution in [3.05, 3.63) is 24.0 Å². The van der Waals surface area contributed by atoms with Crippen molar-refractivity contribution < 1.29 is 0 Å². The average molecular weight is 267 g/mol. The zero-order chi connectivity index (χ0) is 12.5. The number of nitrogens with one attached hydrogen (secondary N) is 2. The Bertz CT molecular complexity index is 428. The van der Waals surface area contributed by atoms with E-state index in [4.69, 9.17) is 22.3 Å². The maximum Gasteiger partial charge on any atom is 0.0750 e. The number of nitrogens with two attached hydrogens (primary N) is 1. The molecule has 1 aromatic rings. The maximum atomic E-state index is 6.33. The van der Waals surface area contributed by atoms with Gasteiger partial charge in [0.15, 0.2) is 0 Å². The number of alkyl halides is 1. The number of fused-ring (bicyclic) bond motifs is 1. The molecule has 0 saturated heterocycles. The third-order valence-corrected chi connectivity index (χ3v) is 4.29. The molecule has 1 aromatic heterocycles. The maximum absolute atomic E-state index is 6.33. The summed E-state index contributed by atoms with van der Waals surface area (Å²) in [6.07, 6.45) is 5.00. The quantitative estimate of drug-likeness (QED) is 0.674. The van der Waals surface area contributed by atoms with Crippen LogP contribution in [0.5, 0.6) is 0 Å². The van der Waals surface area contributed by atoms with Crippen molar-refractivity contribution in [3.63, 3.8) is 0 Å². The summed E-state index contributed by atoms with van der Waals surface area (Å²) >= 11 is 6.33. The standard InChI is InChI=1S/C13H19ClN4/c14-8-3-4-10-9(6-8)13(11-2-1-5-16-11)17-7-12(15)18-10/h1-2,5,8-10,12,16,18H,3-4,6-7,15H2. The molecule has 1 aliphatic carbocycles. The van der Waals surface area contributed by atoms with Gasteiger partial charge in [-0.05, 0) is 31.4 Å². The molecule has 0 bridgehead atoms. The van der Waals surface area contributed by atoms with Crippen molar-refractivity contribution >= 4 is 17.3 Å². The van der Waals surface area contributed by atoms with E-state index < -0.39 is 0 Å². The predicted molar refractivity (Wildman–Crippen MR) is 74.1 cm³/mol. The van der Waals surface area contributed by atoms with Gasteiger partial charge in [0, 0.05) is 23.5 Å². The number of H-pyrrole nitrogens is 1. The topological polar surface area (TPSA) is 66.2 Å². The van der Waals surface area contributed by atoms with Crippen LogP contribution in [0.1, 0.15) is 25.0 Å². The molecular weight excluding hydrogens is 248 g/mol. The van der Waals surface area contributed by atoms with E-state index in [0.29, 0.717) is 18.5 Å². The summed E-state index contributed by atoms with van der Waals surface area (Å²) < 4.78 is 0. The molecule has 1 fully saturated rings. The summed E-state index contributed by atoms with van der Waals surface area (Å²) in [5.41, 5.74) is 8.27. The lowest BCUT2D eigenvalue weighted by atomic mass is 9.80. The second kappa shape index (κ2) is 5.03. The van der Waals surface area contributed by atoms with Gasteiger partial charge in [-0.2, -0.15) is 0 Å². The molecule has 2 aliphatic rings. The van der Waals surface area contributed by atoms with Gasteiger partial charge in [-0.25, -0.2) is 0 Å². The molecule has 0 aromatic carbocycles. The Morgan fingerprint density at radius 3 is 3.06 bits per heavy atom. The monoisotopic (exact) mass is 266 g/mol. The molecule has 4 atom stereocenters. The Morgan fingerprint density at radius 2 is 2.28 bits per heavy atom. The Balaban J connectivity index is 1.93. The van der Waals surface area contributed by atoms with E-state index in [0.717, 1.165) is 30.7 Å². The van der Waals surface area contributed by atoms with Crippen LogP contribution in [-0.2, 0) is 0 Å². The van der Waals surface area contributed by atoms with E-state index in [1.54, 1.807) is 0 Å². The van der Waals surface area contributed by atoms with Gasteiger partial charge in [0.25, 0.3) is 0 Å². The normalized spacial score (nSPS) is 36.7. The van der Waals surface area contributed by atoms with Crippen molar-refractivity contribution in [1.29, 1.82) is 0 Å². The Morgan fingerprint density at radius 1 is 1.39 bits per heavy atom. The average Bonchev–Trinajstić information content (AvgIpc) is 2.81. The summed E-state index contributed by atoms with van der Waals surface area (Å²) in [4.78, 5) is 7.96. The molecule has 2 heterocycles. The van der Waals surface area contributed by atoms with Crippen LogP contribution in [0.25, 0.3) is 0 Å². The van der Waals surface area contributed by atoms with Crippen LogP contribution < -0.4 is 11.1 Å². The summed E-state index contributed by atoms with van der Waals surface area (Å²) in [5.74, 6) is 0.369. The Labute approximate surface area is 112 Å². The number of nitrogens with zero attached hydrogens (tertiary/aromatic N) is 1. The highest BCUT2D eigenvalue weighted by molar-refractivity contribution is 6.21. The third kappa shape index (κ3) is 2.32. The molecule has 0 spiro atoms. The Hall–Kier alpha value is -0.840. The van der Waals surface area contributed by atoms with Crippen LogP contribution in [0.3, 0.4) is 0 Å². The highest BCUT2D eigenvalue weighted by atomic mass is 35.5. The molecular formula is C13H19ClN4. The van der Waals surface area contributed by atoms with Crippen LogP contribution in [0.4, 0.5) is 0 Å². The molecule has 3 rings (SSSR count). The molecule has 1 saturated carbocycles. The number of hydrogen-bond donors (Lipinski definition) is 3.